The van der Waals surface area contributed by atoms with Gasteiger partial charge in [-0.25, -0.2) is 4.98 Å². The molecule has 82 valence electrons. The molecule has 0 radical (unpaired) electrons. The molecule has 0 aliphatic rings. The first kappa shape index (κ1) is 11.7. The van der Waals surface area contributed by atoms with Gasteiger partial charge in [-0.1, -0.05) is 0 Å². The topological polar surface area (TPSA) is 78.9 Å². The normalized spacial score (nSPS) is 9.53. The highest BCUT2D eigenvalue weighted by Gasteiger charge is 2.05. The molecule has 1 aromatic heterocycles. The van der Waals surface area contributed by atoms with Crippen LogP contribution in [0.2, 0.25) is 0 Å². The van der Waals surface area contributed by atoms with Crippen molar-refractivity contribution in [3.63, 3.8) is 0 Å². The number of carbonyl (C=O) groups excluding carboxylic acids is 1. The van der Waals surface area contributed by atoms with Gasteiger partial charge in [0.2, 0.25) is 11.9 Å². The van der Waals surface area contributed by atoms with E-state index in [1.807, 2.05) is 0 Å². The Balaban J connectivity index is 2.70. The van der Waals surface area contributed by atoms with E-state index in [-0.39, 0.29) is 12.5 Å². The van der Waals surface area contributed by atoms with E-state index in [4.69, 9.17) is 0 Å². The van der Waals surface area contributed by atoms with E-state index in [9.17, 15) is 4.79 Å². The number of carbonyl (C=O) groups is 1. The highest BCUT2D eigenvalue weighted by atomic mass is 79.9. The van der Waals surface area contributed by atoms with Gasteiger partial charge in [-0.2, -0.15) is 4.98 Å². The van der Waals surface area contributed by atoms with E-state index in [1.165, 1.54) is 0 Å². The molecule has 1 heterocycles. The second-order valence-electron chi connectivity index (χ2n) is 2.67. The first-order valence-corrected chi connectivity index (χ1v) is 5.11. The average Bonchev–Trinajstić information content (AvgIpc) is 2.27. The summed E-state index contributed by atoms with van der Waals surface area (Å²) >= 11 is 3.28. The van der Waals surface area contributed by atoms with Crippen molar-refractivity contribution in [2.75, 3.05) is 31.3 Å². The van der Waals surface area contributed by atoms with E-state index in [1.54, 1.807) is 20.3 Å². The predicted molar refractivity (Wildman–Crippen MR) is 61.8 cm³/mol. The van der Waals surface area contributed by atoms with Gasteiger partial charge in [-0.3, -0.25) is 4.79 Å². The van der Waals surface area contributed by atoms with Crippen molar-refractivity contribution in [3.8, 4) is 0 Å². The van der Waals surface area contributed by atoms with Gasteiger partial charge in [0.05, 0.1) is 11.0 Å². The van der Waals surface area contributed by atoms with Crippen LogP contribution in [-0.4, -0.2) is 36.5 Å². The van der Waals surface area contributed by atoms with Crippen LogP contribution in [0.3, 0.4) is 0 Å². The molecular weight excluding hydrogens is 262 g/mol. The van der Waals surface area contributed by atoms with E-state index < -0.39 is 0 Å². The fourth-order valence-electron chi connectivity index (χ4n) is 0.864. The van der Waals surface area contributed by atoms with Crippen molar-refractivity contribution in [3.05, 3.63) is 10.7 Å². The Bertz CT molecular complexity index is 357. The highest BCUT2D eigenvalue weighted by molar-refractivity contribution is 9.10. The number of amides is 1. The second-order valence-corrected chi connectivity index (χ2v) is 3.52. The van der Waals surface area contributed by atoms with Crippen molar-refractivity contribution in [1.82, 2.24) is 15.3 Å². The third kappa shape index (κ3) is 3.35. The molecule has 1 rings (SSSR count). The maximum Gasteiger partial charge on any atom is 0.239 e. The standard InChI is InChI=1S/C8H12BrN5O/c1-10-6(15)4-12-7-5(9)3-13-8(11-2)14-7/h3H,4H2,1-2H3,(H,10,15)(H2,11,12,13,14). The molecule has 15 heavy (non-hydrogen) atoms. The largest absolute Gasteiger partial charge is 0.360 e. The van der Waals surface area contributed by atoms with Gasteiger partial charge >= 0.3 is 0 Å². The van der Waals surface area contributed by atoms with Crippen LogP contribution in [0.5, 0.6) is 0 Å². The van der Waals surface area contributed by atoms with Gasteiger partial charge in [0.1, 0.15) is 5.82 Å². The van der Waals surface area contributed by atoms with Crippen LogP contribution in [0.1, 0.15) is 0 Å². The number of nitrogens with one attached hydrogen (secondary N) is 3. The van der Waals surface area contributed by atoms with Crippen LogP contribution >= 0.6 is 15.9 Å². The van der Waals surface area contributed by atoms with Crippen LogP contribution < -0.4 is 16.0 Å². The number of likely N-dealkylation sites (N-methyl/N-ethyl adjacent to an activating group) is 1. The molecule has 0 unspecified atom stereocenters. The van der Waals surface area contributed by atoms with E-state index >= 15 is 0 Å². The molecule has 0 spiro atoms. The third-order valence-corrected chi connectivity index (χ3v) is 2.24. The lowest BCUT2D eigenvalue weighted by Crippen LogP contribution is -2.26. The molecule has 1 amide bonds. The molecule has 3 N–H and O–H groups in total. The molecule has 0 aliphatic carbocycles. The predicted octanol–water partition coefficient (Wildman–Crippen LogP) is 0.439. The van der Waals surface area contributed by atoms with Gasteiger partial charge in [0.15, 0.2) is 0 Å². The SMILES string of the molecule is CNC(=O)CNc1nc(NC)ncc1Br. The van der Waals surface area contributed by atoms with Crippen LogP contribution in [-0.2, 0) is 4.79 Å². The van der Waals surface area contributed by atoms with Gasteiger partial charge in [-0.15, -0.1) is 0 Å². The smallest absolute Gasteiger partial charge is 0.239 e. The lowest BCUT2D eigenvalue weighted by atomic mass is 10.5. The zero-order chi connectivity index (χ0) is 11.3. The Kier molecular flexibility index (Phi) is 4.29. The Hall–Kier alpha value is -1.37. The molecule has 0 fully saturated rings. The quantitative estimate of drug-likeness (QED) is 0.742. The number of hydrogen-bond acceptors (Lipinski definition) is 5. The minimum atomic E-state index is -0.105. The van der Waals surface area contributed by atoms with Crippen LogP contribution in [0.15, 0.2) is 10.7 Å². The molecule has 0 aromatic carbocycles. The first-order chi connectivity index (χ1) is 7.17. The highest BCUT2D eigenvalue weighted by Crippen LogP contribution is 2.19. The van der Waals surface area contributed by atoms with Crippen molar-refractivity contribution in [1.29, 1.82) is 0 Å². The summed E-state index contributed by atoms with van der Waals surface area (Å²) in [7, 11) is 3.31. The van der Waals surface area contributed by atoms with E-state index in [0.29, 0.717) is 16.2 Å². The van der Waals surface area contributed by atoms with Gasteiger partial charge in [-0.05, 0) is 15.9 Å². The van der Waals surface area contributed by atoms with Crippen LogP contribution in [0.4, 0.5) is 11.8 Å². The Morgan fingerprint density at radius 3 is 2.87 bits per heavy atom. The fraction of sp³-hybridized carbons (Fsp3) is 0.375. The molecule has 7 heteroatoms. The summed E-state index contributed by atoms with van der Waals surface area (Å²) in [5.41, 5.74) is 0. The van der Waals surface area contributed by atoms with Crippen LogP contribution in [0, 0.1) is 0 Å². The minimum Gasteiger partial charge on any atom is -0.360 e. The van der Waals surface area contributed by atoms with Crippen molar-refractivity contribution in [2.45, 2.75) is 0 Å². The summed E-state index contributed by atoms with van der Waals surface area (Å²) in [5.74, 6) is 0.974. The first-order valence-electron chi connectivity index (χ1n) is 4.32. The summed E-state index contributed by atoms with van der Waals surface area (Å²) in [6.07, 6.45) is 1.62. The maximum atomic E-state index is 11.0. The number of halogens is 1. The fourth-order valence-corrected chi connectivity index (χ4v) is 1.20. The minimum absolute atomic E-state index is 0.105. The molecule has 0 saturated carbocycles. The van der Waals surface area contributed by atoms with Crippen LogP contribution in [0.25, 0.3) is 0 Å². The van der Waals surface area contributed by atoms with Crippen molar-refractivity contribution >= 4 is 33.6 Å². The number of hydrogen-bond donors (Lipinski definition) is 3. The summed E-state index contributed by atoms with van der Waals surface area (Å²) in [4.78, 5) is 19.1. The van der Waals surface area contributed by atoms with Crippen molar-refractivity contribution < 1.29 is 4.79 Å². The summed E-state index contributed by atoms with van der Waals surface area (Å²) in [5, 5.41) is 8.21. The lowest BCUT2D eigenvalue weighted by molar-refractivity contribution is -0.118. The number of rotatable bonds is 4. The second kappa shape index (κ2) is 5.50. The third-order valence-electron chi connectivity index (χ3n) is 1.66. The Morgan fingerprint density at radius 1 is 1.53 bits per heavy atom. The summed E-state index contributed by atoms with van der Waals surface area (Å²) < 4.78 is 0.713. The molecule has 1 aromatic rings. The average molecular weight is 274 g/mol. The van der Waals surface area contributed by atoms with E-state index in [0.717, 1.165) is 0 Å². The number of anilines is 2. The van der Waals surface area contributed by atoms with Gasteiger partial charge < -0.3 is 16.0 Å². The summed E-state index contributed by atoms with van der Waals surface area (Å²) in [6, 6.07) is 0. The zero-order valence-electron chi connectivity index (χ0n) is 8.47. The Morgan fingerprint density at radius 2 is 2.27 bits per heavy atom. The number of nitrogens with zero attached hydrogens (tertiary/aromatic N) is 2. The number of aromatic nitrogens is 2. The molecule has 0 bridgehead atoms. The maximum absolute atomic E-state index is 11.0. The molecule has 0 aliphatic heterocycles. The van der Waals surface area contributed by atoms with Gasteiger partial charge in [0.25, 0.3) is 0 Å². The molecular formula is C8H12BrN5O. The summed E-state index contributed by atoms with van der Waals surface area (Å²) in [6.45, 7) is 0.176. The zero-order valence-corrected chi connectivity index (χ0v) is 10.1. The molecule has 0 saturated heterocycles. The lowest BCUT2D eigenvalue weighted by Gasteiger charge is -2.07. The Labute approximate surface area is 96.0 Å². The molecule has 6 nitrogen and oxygen atoms in total. The molecule has 0 atom stereocenters. The van der Waals surface area contributed by atoms with E-state index in [2.05, 4.69) is 41.8 Å². The van der Waals surface area contributed by atoms with Gasteiger partial charge in [0, 0.05) is 20.3 Å². The van der Waals surface area contributed by atoms with Crippen molar-refractivity contribution in [2.24, 2.45) is 0 Å². The monoisotopic (exact) mass is 273 g/mol.